The van der Waals surface area contributed by atoms with Crippen LogP contribution in [0.4, 0.5) is 4.79 Å². The Balaban J connectivity index is 1.86. The predicted octanol–water partition coefficient (Wildman–Crippen LogP) is 2.36. The van der Waals surface area contributed by atoms with Gasteiger partial charge in [-0.05, 0) is 40.2 Å². The largest absolute Gasteiger partial charge is 0.444 e. The first-order valence-electron chi connectivity index (χ1n) is 7.90. The van der Waals surface area contributed by atoms with Crippen LogP contribution in [0.5, 0.6) is 0 Å². The minimum absolute atomic E-state index is 0.322. The zero-order valence-electron chi connectivity index (χ0n) is 13.7. The van der Waals surface area contributed by atoms with Crippen LogP contribution in [0.3, 0.4) is 0 Å². The normalized spacial score (nSPS) is 19.7. The maximum absolute atomic E-state index is 11.8. The fraction of sp³-hybridized carbons (Fsp3) is 0.688. The Hall–Kier alpha value is -1.69. The second-order valence-electron chi connectivity index (χ2n) is 6.70. The van der Waals surface area contributed by atoms with E-state index in [0.29, 0.717) is 12.6 Å². The van der Waals surface area contributed by atoms with Crippen LogP contribution in [0.2, 0.25) is 0 Å². The van der Waals surface area contributed by atoms with E-state index >= 15 is 0 Å². The van der Waals surface area contributed by atoms with E-state index in [1.165, 1.54) is 12.8 Å². The number of carbonyl (C=O) groups is 1. The molecular formula is C16H26N4O2. The molecule has 6 heteroatoms. The molecule has 1 N–H and O–H groups in total. The fourth-order valence-corrected chi connectivity index (χ4v) is 2.63. The molecule has 1 amide bonds. The lowest BCUT2D eigenvalue weighted by Gasteiger charge is -2.35. The summed E-state index contributed by atoms with van der Waals surface area (Å²) in [5, 5.41) is 2.89. The third-order valence-electron chi connectivity index (χ3n) is 3.61. The molecule has 6 nitrogen and oxygen atoms in total. The molecule has 0 aliphatic carbocycles. The van der Waals surface area contributed by atoms with Crippen molar-refractivity contribution < 1.29 is 9.53 Å². The SMILES string of the molecule is CC(C)(C)OC(=O)NC[C@@H]1CCCCN1Cc1cnccn1. The molecule has 1 saturated heterocycles. The average molecular weight is 306 g/mol. The van der Waals surface area contributed by atoms with Crippen LogP contribution in [0.25, 0.3) is 0 Å². The van der Waals surface area contributed by atoms with E-state index in [2.05, 4.69) is 20.2 Å². The van der Waals surface area contributed by atoms with Crippen molar-refractivity contribution in [1.82, 2.24) is 20.2 Å². The summed E-state index contributed by atoms with van der Waals surface area (Å²) in [7, 11) is 0. The summed E-state index contributed by atoms with van der Waals surface area (Å²) >= 11 is 0. The van der Waals surface area contributed by atoms with E-state index in [1.807, 2.05) is 20.8 Å². The van der Waals surface area contributed by atoms with Gasteiger partial charge in [-0.25, -0.2) is 4.79 Å². The number of hydrogen-bond acceptors (Lipinski definition) is 5. The Labute approximate surface area is 132 Å². The molecule has 1 atom stereocenters. The molecule has 1 aromatic heterocycles. The first-order chi connectivity index (χ1) is 10.4. The van der Waals surface area contributed by atoms with Gasteiger partial charge in [-0.15, -0.1) is 0 Å². The molecule has 2 rings (SSSR count). The number of amides is 1. The summed E-state index contributed by atoms with van der Waals surface area (Å²) in [5.41, 5.74) is 0.502. The van der Waals surface area contributed by atoms with Gasteiger partial charge < -0.3 is 10.1 Å². The Morgan fingerprint density at radius 3 is 2.91 bits per heavy atom. The van der Waals surface area contributed by atoms with Crippen molar-refractivity contribution in [3.63, 3.8) is 0 Å². The van der Waals surface area contributed by atoms with Crippen molar-refractivity contribution in [2.45, 2.75) is 58.2 Å². The van der Waals surface area contributed by atoms with Crippen molar-refractivity contribution in [2.24, 2.45) is 0 Å². The Kier molecular flexibility index (Phi) is 5.71. The van der Waals surface area contributed by atoms with Gasteiger partial charge in [0.2, 0.25) is 0 Å². The molecule has 1 aliphatic rings. The molecular weight excluding hydrogens is 280 g/mol. The molecule has 122 valence electrons. The minimum Gasteiger partial charge on any atom is -0.444 e. The van der Waals surface area contributed by atoms with Gasteiger partial charge in [0.15, 0.2) is 0 Å². The van der Waals surface area contributed by atoms with Crippen molar-refractivity contribution in [2.75, 3.05) is 13.1 Å². The number of rotatable bonds is 4. The monoisotopic (exact) mass is 306 g/mol. The molecule has 0 aromatic carbocycles. The number of ether oxygens (including phenoxy) is 1. The van der Waals surface area contributed by atoms with Gasteiger partial charge in [-0.3, -0.25) is 14.9 Å². The number of aromatic nitrogens is 2. The van der Waals surface area contributed by atoms with Crippen LogP contribution in [0, 0.1) is 0 Å². The lowest BCUT2D eigenvalue weighted by Crippen LogP contribution is -2.47. The second-order valence-corrected chi connectivity index (χ2v) is 6.70. The van der Waals surface area contributed by atoms with Gasteiger partial charge in [0.1, 0.15) is 5.60 Å². The molecule has 1 aliphatic heterocycles. The number of carbonyl (C=O) groups excluding carboxylic acids is 1. The van der Waals surface area contributed by atoms with Gasteiger partial charge in [0, 0.05) is 37.7 Å². The Morgan fingerprint density at radius 1 is 1.41 bits per heavy atom. The third-order valence-corrected chi connectivity index (χ3v) is 3.61. The summed E-state index contributed by atoms with van der Waals surface area (Å²) in [6.07, 6.45) is 8.30. The number of alkyl carbamates (subject to hydrolysis) is 1. The zero-order chi connectivity index (χ0) is 16.0. The first kappa shape index (κ1) is 16.7. The standard InChI is InChI=1S/C16H26N4O2/c1-16(2,3)22-15(21)19-11-14-6-4-5-9-20(14)12-13-10-17-7-8-18-13/h7-8,10,14H,4-6,9,11-12H2,1-3H3,(H,19,21)/t14-/m0/s1. The number of likely N-dealkylation sites (tertiary alicyclic amines) is 1. The molecule has 0 radical (unpaired) electrons. The summed E-state index contributed by atoms with van der Waals surface area (Å²) in [4.78, 5) is 22.6. The van der Waals surface area contributed by atoms with Gasteiger partial charge >= 0.3 is 6.09 Å². The van der Waals surface area contributed by atoms with E-state index in [1.54, 1.807) is 18.6 Å². The average Bonchev–Trinajstić information content (AvgIpc) is 2.46. The van der Waals surface area contributed by atoms with E-state index in [9.17, 15) is 4.79 Å². The molecule has 1 aromatic rings. The summed E-state index contributed by atoms with van der Waals surface area (Å²) < 4.78 is 5.29. The number of piperidine rings is 1. The van der Waals surface area contributed by atoms with Crippen LogP contribution >= 0.6 is 0 Å². The highest BCUT2D eigenvalue weighted by molar-refractivity contribution is 5.67. The van der Waals surface area contributed by atoms with Crippen molar-refractivity contribution >= 4 is 6.09 Å². The van der Waals surface area contributed by atoms with Crippen LogP contribution < -0.4 is 5.32 Å². The summed E-state index contributed by atoms with van der Waals surface area (Å²) in [6, 6.07) is 0.322. The van der Waals surface area contributed by atoms with Crippen LogP contribution in [-0.2, 0) is 11.3 Å². The number of hydrogen-bond donors (Lipinski definition) is 1. The molecule has 0 unspecified atom stereocenters. The highest BCUT2D eigenvalue weighted by Gasteiger charge is 2.24. The van der Waals surface area contributed by atoms with Gasteiger partial charge in [0.05, 0.1) is 5.69 Å². The van der Waals surface area contributed by atoms with Crippen molar-refractivity contribution in [3.8, 4) is 0 Å². The molecule has 22 heavy (non-hydrogen) atoms. The maximum atomic E-state index is 11.8. The molecule has 0 saturated carbocycles. The van der Waals surface area contributed by atoms with Crippen molar-refractivity contribution in [3.05, 3.63) is 24.3 Å². The highest BCUT2D eigenvalue weighted by Crippen LogP contribution is 2.18. The van der Waals surface area contributed by atoms with Gasteiger partial charge in [-0.1, -0.05) is 6.42 Å². The quantitative estimate of drug-likeness (QED) is 0.925. The van der Waals surface area contributed by atoms with E-state index in [0.717, 1.165) is 25.2 Å². The number of nitrogens with zero attached hydrogens (tertiary/aromatic N) is 3. The predicted molar refractivity (Wildman–Crippen MR) is 84.3 cm³/mol. The lowest BCUT2D eigenvalue weighted by atomic mass is 10.0. The number of nitrogens with one attached hydrogen (secondary N) is 1. The Morgan fingerprint density at radius 2 is 2.23 bits per heavy atom. The summed E-state index contributed by atoms with van der Waals surface area (Å²) in [5.74, 6) is 0. The summed E-state index contributed by atoms with van der Waals surface area (Å²) in [6.45, 7) is 8.01. The molecule has 0 spiro atoms. The van der Waals surface area contributed by atoms with Gasteiger partial charge in [-0.2, -0.15) is 0 Å². The van der Waals surface area contributed by atoms with Gasteiger partial charge in [0.25, 0.3) is 0 Å². The minimum atomic E-state index is -0.462. The van der Waals surface area contributed by atoms with E-state index < -0.39 is 5.60 Å². The molecule has 2 heterocycles. The van der Waals surface area contributed by atoms with Crippen molar-refractivity contribution in [1.29, 1.82) is 0 Å². The van der Waals surface area contributed by atoms with E-state index in [4.69, 9.17) is 4.74 Å². The molecule has 0 bridgehead atoms. The third kappa shape index (κ3) is 5.60. The maximum Gasteiger partial charge on any atom is 0.407 e. The molecule has 1 fully saturated rings. The smallest absolute Gasteiger partial charge is 0.407 e. The lowest BCUT2D eigenvalue weighted by molar-refractivity contribution is 0.0491. The highest BCUT2D eigenvalue weighted by atomic mass is 16.6. The topological polar surface area (TPSA) is 67.3 Å². The van der Waals surface area contributed by atoms with E-state index in [-0.39, 0.29) is 6.09 Å². The van der Waals surface area contributed by atoms with Crippen LogP contribution in [-0.4, -0.2) is 45.7 Å². The Bertz CT molecular complexity index is 473. The fourth-order valence-electron chi connectivity index (χ4n) is 2.63. The second kappa shape index (κ2) is 7.54. The van der Waals surface area contributed by atoms with Crippen LogP contribution in [0.15, 0.2) is 18.6 Å². The first-order valence-corrected chi connectivity index (χ1v) is 7.90. The zero-order valence-corrected chi connectivity index (χ0v) is 13.7. The van der Waals surface area contributed by atoms with Crippen LogP contribution in [0.1, 0.15) is 45.7 Å².